The molecule has 0 spiro atoms. The number of thioether (sulfide) groups is 1. The van der Waals surface area contributed by atoms with Crippen LogP contribution in [0.15, 0.2) is 15.9 Å². The monoisotopic (exact) mass is 309 g/mol. The van der Waals surface area contributed by atoms with Gasteiger partial charge in [-0.3, -0.25) is 0 Å². The minimum atomic E-state index is 0.164. The maximum Gasteiger partial charge on any atom is 0.0553 e. The zero-order valence-corrected chi connectivity index (χ0v) is 12.1. The van der Waals surface area contributed by atoms with E-state index in [1.54, 1.807) is 18.4 Å². The van der Waals surface area contributed by atoms with E-state index in [9.17, 15) is 0 Å². The zero-order valence-electron chi connectivity index (χ0n) is 8.90. The van der Waals surface area contributed by atoms with Gasteiger partial charge in [-0.1, -0.05) is 0 Å². The highest BCUT2D eigenvalue weighted by molar-refractivity contribution is 9.10. The maximum absolute atomic E-state index is 5.99. The standard InChI is InChI=1S/C10H16BrNOS2/c1-7(12)10(14-4-3-13-2)9-5-8(11)6-15-9/h5-7,10H,3-4,12H2,1-2H3. The molecule has 1 heterocycles. The Bertz CT molecular complexity index is 291. The average molecular weight is 310 g/mol. The van der Waals surface area contributed by atoms with E-state index < -0.39 is 0 Å². The van der Waals surface area contributed by atoms with Crippen molar-refractivity contribution in [3.05, 3.63) is 20.8 Å². The second-order valence-corrected chi connectivity index (χ2v) is 6.42. The van der Waals surface area contributed by atoms with E-state index in [0.717, 1.165) is 16.8 Å². The van der Waals surface area contributed by atoms with Gasteiger partial charge in [-0.2, -0.15) is 0 Å². The van der Waals surface area contributed by atoms with Crippen LogP contribution in [0.4, 0.5) is 0 Å². The Morgan fingerprint density at radius 3 is 2.87 bits per heavy atom. The number of nitrogens with two attached hydrogens (primary N) is 1. The van der Waals surface area contributed by atoms with Gasteiger partial charge >= 0.3 is 0 Å². The Morgan fingerprint density at radius 2 is 2.40 bits per heavy atom. The quantitative estimate of drug-likeness (QED) is 0.819. The summed E-state index contributed by atoms with van der Waals surface area (Å²) in [5.41, 5.74) is 5.99. The first-order valence-electron chi connectivity index (χ1n) is 4.75. The first-order chi connectivity index (χ1) is 7.15. The van der Waals surface area contributed by atoms with E-state index >= 15 is 0 Å². The van der Waals surface area contributed by atoms with Gasteiger partial charge in [0.1, 0.15) is 0 Å². The first kappa shape index (κ1) is 13.5. The van der Waals surface area contributed by atoms with E-state index in [1.807, 2.05) is 11.8 Å². The van der Waals surface area contributed by atoms with Gasteiger partial charge in [-0.05, 0) is 28.9 Å². The summed E-state index contributed by atoms with van der Waals surface area (Å²) in [6.07, 6.45) is 0. The largest absolute Gasteiger partial charge is 0.384 e. The lowest BCUT2D eigenvalue weighted by Crippen LogP contribution is -2.22. The van der Waals surface area contributed by atoms with Gasteiger partial charge in [0.2, 0.25) is 0 Å². The molecule has 1 aromatic rings. The van der Waals surface area contributed by atoms with Crippen molar-refractivity contribution in [2.75, 3.05) is 19.5 Å². The second kappa shape index (κ2) is 6.91. The lowest BCUT2D eigenvalue weighted by Gasteiger charge is -2.18. The lowest BCUT2D eigenvalue weighted by atomic mass is 10.2. The van der Waals surface area contributed by atoms with Crippen molar-refractivity contribution in [2.24, 2.45) is 5.73 Å². The van der Waals surface area contributed by atoms with Gasteiger partial charge in [-0.15, -0.1) is 23.1 Å². The average Bonchev–Trinajstić information content (AvgIpc) is 2.59. The summed E-state index contributed by atoms with van der Waals surface area (Å²) in [5, 5.41) is 2.47. The van der Waals surface area contributed by atoms with Gasteiger partial charge in [0.15, 0.2) is 0 Å². The summed E-state index contributed by atoms with van der Waals surface area (Å²) in [6, 6.07) is 2.32. The number of thiophene rings is 1. The summed E-state index contributed by atoms with van der Waals surface area (Å²) >= 11 is 7.08. The van der Waals surface area contributed by atoms with Crippen molar-refractivity contribution in [2.45, 2.75) is 18.2 Å². The van der Waals surface area contributed by atoms with Crippen LogP contribution < -0.4 is 5.73 Å². The van der Waals surface area contributed by atoms with Crippen LogP contribution in [0.5, 0.6) is 0 Å². The molecule has 0 aliphatic rings. The molecule has 5 heteroatoms. The fourth-order valence-corrected chi connectivity index (χ4v) is 4.19. The van der Waals surface area contributed by atoms with Crippen molar-refractivity contribution < 1.29 is 4.74 Å². The summed E-state index contributed by atoms with van der Waals surface area (Å²) in [6.45, 7) is 2.83. The molecule has 0 aliphatic heterocycles. The van der Waals surface area contributed by atoms with Gasteiger partial charge < -0.3 is 10.5 Å². The molecule has 2 atom stereocenters. The van der Waals surface area contributed by atoms with Gasteiger partial charge in [0, 0.05) is 33.6 Å². The van der Waals surface area contributed by atoms with Crippen LogP contribution in [-0.4, -0.2) is 25.5 Å². The van der Waals surface area contributed by atoms with Gasteiger partial charge in [-0.25, -0.2) is 0 Å². The van der Waals surface area contributed by atoms with Crippen LogP contribution >= 0.6 is 39.0 Å². The van der Waals surface area contributed by atoms with Crippen LogP contribution in [0.2, 0.25) is 0 Å². The molecule has 1 rings (SSSR count). The molecule has 1 aromatic heterocycles. The van der Waals surface area contributed by atoms with E-state index in [-0.39, 0.29) is 6.04 Å². The van der Waals surface area contributed by atoms with Crippen LogP contribution in [0.25, 0.3) is 0 Å². The van der Waals surface area contributed by atoms with Crippen LogP contribution in [0.3, 0.4) is 0 Å². The number of rotatable bonds is 6. The number of ether oxygens (including phenoxy) is 1. The molecule has 0 aromatic carbocycles. The van der Waals surface area contributed by atoms with E-state index in [4.69, 9.17) is 10.5 Å². The highest BCUT2D eigenvalue weighted by atomic mass is 79.9. The topological polar surface area (TPSA) is 35.2 Å². The minimum absolute atomic E-state index is 0.164. The number of hydrogen-bond donors (Lipinski definition) is 1. The van der Waals surface area contributed by atoms with Crippen molar-refractivity contribution in [1.29, 1.82) is 0 Å². The van der Waals surface area contributed by atoms with E-state index in [2.05, 4.69) is 34.3 Å². The number of hydrogen-bond acceptors (Lipinski definition) is 4. The zero-order chi connectivity index (χ0) is 11.3. The summed E-state index contributed by atoms with van der Waals surface area (Å²) < 4.78 is 6.18. The SMILES string of the molecule is COCCSC(c1cc(Br)cs1)C(C)N. The molecule has 2 nitrogen and oxygen atoms in total. The summed E-state index contributed by atoms with van der Waals surface area (Å²) in [7, 11) is 1.73. The summed E-state index contributed by atoms with van der Waals surface area (Å²) in [5.74, 6) is 0.984. The summed E-state index contributed by atoms with van der Waals surface area (Å²) in [4.78, 5) is 1.33. The van der Waals surface area contributed by atoms with Gasteiger partial charge in [0.05, 0.1) is 11.9 Å². The Labute approximate surface area is 108 Å². The Balaban J connectivity index is 2.58. The number of halogens is 1. The van der Waals surface area contributed by atoms with Crippen molar-refractivity contribution in [1.82, 2.24) is 0 Å². The predicted molar refractivity (Wildman–Crippen MR) is 72.7 cm³/mol. The third-order valence-corrected chi connectivity index (χ3v) is 5.30. The molecule has 0 amide bonds. The fourth-order valence-electron chi connectivity index (χ4n) is 1.23. The molecular weight excluding hydrogens is 294 g/mol. The Morgan fingerprint density at radius 1 is 1.67 bits per heavy atom. The van der Waals surface area contributed by atoms with Gasteiger partial charge in [0.25, 0.3) is 0 Å². The second-order valence-electron chi connectivity index (χ2n) is 3.31. The molecule has 86 valence electrons. The lowest BCUT2D eigenvalue weighted by molar-refractivity contribution is 0.218. The Kier molecular flexibility index (Phi) is 6.23. The Hall–Kier alpha value is 0.450. The van der Waals surface area contributed by atoms with Crippen LogP contribution in [0, 0.1) is 0 Å². The van der Waals surface area contributed by atoms with Crippen LogP contribution in [0.1, 0.15) is 17.1 Å². The third kappa shape index (κ3) is 4.44. The highest BCUT2D eigenvalue weighted by Crippen LogP contribution is 2.36. The van der Waals surface area contributed by atoms with Crippen molar-refractivity contribution in [3.8, 4) is 0 Å². The molecule has 0 saturated heterocycles. The molecule has 0 bridgehead atoms. The minimum Gasteiger partial charge on any atom is -0.384 e. The van der Waals surface area contributed by atoms with E-state index in [1.165, 1.54) is 4.88 Å². The van der Waals surface area contributed by atoms with Crippen LogP contribution in [-0.2, 0) is 4.74 Å². The van der Waals surface area contributed by atoms with Crippen molar-refractivity contribution >= 4 is 39.0 Å². The third-order valence-electron chi connectivity index (χ3n) is 1.93. The fraction of sp³-hybridized carbons (Fsp3) is 0.600. The molecule has 2 unspecified atom stereocenters. The number of methoxy groups -OCH3 is 1. The van der Waals surface area contributed by atoms with Crippen molar-refractivity contribution in [3.63, 3.8) is 0 Å². The normalized spacial score (nSPS) is 15.2. The van der Waals surface area contributed by atoms with E-state index in [0.29, 0.717) is 5.25 Å². The molecule has 0 aliphatic carbocycles. The first-order valence-corrected chi connectivity index (χ1v) is 7.47. The maximum atomic E-state index is 5.99. The highest BCUT2D eigenvalue weighted by Gasteiger charge is 2.18. The molecule has 0 radical (unpaired) electrons. The molecule has 2 N–H and O–H groups in total. The molecular formula is C10H16BrNOS2. The molecule has 0 saturated carbocycles. The molecule has 15 heavy (non-hydrogen) atoms. The predicted octanol–water partition coefficient (Wildman–Crippen LogP) is 3.28. The molecule has 0 fully saturated rings. The smallest absolute Gasteiger partial charge is 0.0553 e.